The van der Waals surface area contributed by atoms with Crippen LogP contribution >= 0.6 is 0 Å². The van der Waals surface area contributed by atoms with E-state index in [9.17, 15) is 4.79 Å². The molecule has 3 aromatic carbocycles. The summed E-state index contributed by atoms with van der Waals surface area (Å²) in [6.45, 7) is 6.72. The van der Waals surface area contributed by atoms with Crippen molar-refractivity contribution < 1.29 is 4.79 Å². The second-order valence-corrected chi connectivity index (χ2v) is 9.80. The van der Waals surface area contributed by atoms with Crippen LogP contribution in [0.2, 0.25) is 0 Å². The van der Waals surface area contributed by atoms with Crippen LogP contribution < -0.4 is 4.90 Å². The van der Waals surface area contributed by atoms with Gasteiger partial charge in [0.25, 0.3) is 5.91 Å². The average molecular weight is 503 g/mol. The second-order valence-electron chi connectivity index (χ2n) is 9.80. The smallest absolute Gasteiger partial charge is 0.253 e. The van der Waals surface area contributed by atoms with Gasteiger partial charge in [0.1, 0.15) is 11.6 Å². The Kier molecular flexibility index (Phi) is 6.33. The number of benzene rings is 3. The van der Waals surface area contributed by atoms with Crippen LogP contribution in [0.4, 0.5) is 5.82 Å². The molecule has 0 bridgehead atoms. The van der Waals surface area contributed by atoms with Gasteiger partial charge in [0.05, 0.1) is 16.8 Å². The first kappa shape index (κ1) is 23.9. The second kappa shape index (κ2) is 10.1. The van der Waals surface area contributed by atoms with Gasteiger partial charge >= 0.3 is 0 Å². The molecule has 190 valence electrons. The number of rotatable bonds is 5. The van der Waals surface area contributed by atoms with E-state index in [4.69, 9.17) is 15.1 Å². The number of amides is 1. The highest BCUT2D eigenvalue weighted by Gasteiger charge is 2.27. The van der Waals surface area contributed by atoms with Crippen molar-refractivity contribution in [3.05, 3.63) is 113 Å². The zero-order valence-electron chi connectivity index (χ0n) is 21.7. The fourth-order valence-electron chi connectivity index (χ4n) is 5.04. The number of hydrogen-bond donors (Lipinski definition) is 0. The van der Waals surface area contributed by atoms with Crippen LogP contribution in [0.25, 0.3) is 16.7 Å². The molecule has 38 heavy (non-hydrogen) atoms. The lowest BCUT2D eigenvalue weighted by Gasteiger charge is -2.36. The van der Waals surface area contributed by atoms with E-state index in [-0.39, 0.29) is 5.91 Å². The highest BCUT2D eigenvalue weighted by Crippen LogP contribution is 2.30. The van der Waals surface area contributed by atoms with Crippen LogP contribution in [0.15, 0.2) is 84.9 Å². The summed E-state index contributed by atoms with van der Waals surface area (Å²) in [6, 6.07) is 28.2. The third-order valence-corrected chi connectivity index (χ3v) is 7.10. The summed E-state index contributed by atoms with van der Waals surface area (Å²) in [6.07, 6.45) is 0.634. The third-order valence-electron chi connectivity index (χ3n) is 7.10. The minimum atomic E-state index is 0.0790. The highest BCUT2D eigenvalue weighted by atomic mass is 16.2. The third kappa shape index (κ3) is 4.63. The van der Waals surface area contributed by atoms with Crippen molar-refractivity contribution in [1.82, 2.24) is 24.6 Å². The van der Waals surface area contributed by atoms with Crippen molar-refractivity contribution >= 4 is 22.8 Å². The summed E-state index contributed by atoms with van der Waals surface area (Å²) < 4.78 is 1.92. The maximum atomic E-state index is 13.1. The number of nitrogens with zero attached hydrogens (tertiary/aromatic N) is 6. The standard InChI is InChI=1S/C31H30N6O/c1-22-13-15-25(16-14-22)31(38)36-19-17-35(18-20-36)29-28-23(2)34-37(26-11-7-4-8-12-26)30(28)33-27(32-29)21-24-9-5-3-6-10-24/h3-16H,17-21H2,1-2H3. The van der Waals surface area contributed by atoms with E-state index >= 15 is 0 Å². The molecule has 6 rings (SSSR count). The van der Waals surface area contributed by atoms with Crippen LogP contribution in [-0.2, 0) is 6.42 Å². The number of fused-ring (bicyclic) bond motifs is 1. The first-order valence-electron chi connectivity index (χ1n) is 13.0. The molecule has 0 unspecified atom stereocenters. The minimum absolute atomic E-state index is 0.0790. The molecular formula is C31H30N6O. The molecule has 0 N–H and O–H groups in total. The Morgan fingerprint density at radius 2 is 1.45 bits per heavy atom. The van der Waals surface area contributed by atoms with Crippen molar-refractivity contribution in [1.29, 1.82) is 0 Å². The van der Waals surface area contributed by atoms with E-state index in [2.05, 4.69) is 17.0 Å². The molecule has 7 nitrogen and oxygen atoms in total. The van der Waals surface area contributed by atoms with Crippen molar-refractivity contribution in [3.8, 4) is 5.69 Å². The van der Waals surface area contributed by atoms with Crippen molar-refractivity contribution in [2.75, 3.05) is 31.1 Å². The number of aryl methyl sites for hydroxylation is 2. The SMILES string of the molecule is Cc1ccc(C(=O)N2CCN(c3nc(Cc4ccccc4)nc4c3c(C)nn4-c3ccccc3)CC2)cc1. The Morgan fingerprint density at radius 1 is 0.789 bits per heavy atom. The van der Waals surface area contributed by atoms with E-state index in [0.29, 0.717) is 32.6 Å². The van der Waals surface area contributed by atoms with Crippen LogP contribution in [0, 0.1) is 13.8 Å². The lowest BCUT2D eigenvalue weighted by atomic mass is 10.1. The normalized spacial score (nSPS) is 13.7. The van der Waals surface area contributed by atoms with E-state index in [1.54, 1.807) is 0 Å². The van der Waals surface area contributed by atoms with Crippen molar-refractivity contribution in [3.63, 3.8) is 0 Å². The quantitative estimate of drug-likeness (QED) is 0.339. The number of para-hydroxylation sites is 1. The number of hydrogen-bond acceptors (Lipinski definition) is 5. The molecule has 3 heterocycles. The summed E-state index contributed by atoms with van der Waals surface area (Å²) in [4.78, 5) is 27.4. The summed E-state index contributed by atoms with van der Waals surface area (Å²) in [5, 5.41) is 5.84. The topological polar surface area (TPSA) is 67.2 Å². The lowest BCUT2D eigenvalue weighted by molar-refractivity contribution is 0.0746. The maximum absolute atomic E-state index is 13.1. The van der Waals surface area contributed by atoms with E-state index in [0.717, 1.165) is 50.7 Å². The van der Waals surface area contributed by atoms with Crippen LogP contribution in [0.5, 0.6) is 0 Å². The predicted molar refractivity (Wildman–Crippen MR) is 150 cm³/mol. The molecule has 1 saturated heterocycles. The summed E-state index contributed by atoms with van der Waals surface area (Å²) in [7, 11) is 0. The van der Waals surface area contributed by atoms with Gasteiger partial charge in [-0.1, -0.05) is 66.2 Å². The largest absolute Gasteiger partial charge is 0.352 e. The molecule has 1 aliphatic heterocycles. The Morgan fingerprint density at radius 3 is 2.13 bits per heavy atom. The molecule has 0 spiro atoms. The van der Waals surface area contributed by atoms with Gasteiger partial charge in [0, 0.05) is 38.2 Å². The maximum Gasteiger partial charge on any atom is 0.253 e. The van der Waals surface area contributed by atoms with Crippen molar-refractivity contribution in [2.24, 2.45) is 0 Å². The number of carbonyl (C=O) groups excluding carboxylic acids is 1. The van der Waals surface area contributed by atoms with Gasteiger partial charge < -0.3 is 9.80 Å². The number of piperazine rings is 1. The molecule has 5 aromatic rings. The van der Waals surface area contributed by atoms with Gasteiger partial charge in [0.15, 0.2) is 5.65 Å². The molecule has 0 atom stereocenters. The molecular weight excluding hydrogens is 472 g/mol. The van der Waals surface area contributed by atoms with Crippen LogP contribution in [0.1, 0.15) is 33.0 Å². The number of carbonyl (C=O) groups is 1. The van der Waals surface area contributed by atoms with Crippen LogP contribution in [-0.4, -0.2) is 56.7 Å². The highest BCUT2D eigenvalue weighted by molar-refractivity contribution is 5.95. The van der Waals surface area contributed by atoms with Gasteiger partial charge in [-0.15, -0.1) is 0 Å². The molecule has 1 fully saturated rings. The summed E-state index contributed by atoms with van der Waals surface area (Å²) in [5.74, 6) is 1.73. The van der Waals surface area contributed by atoms with E-state index in [1.807, 2.05) is 96.2 Å². The Balaban J connectivity index is 1.35. The monoisotopic (exact) mass is 502 g/mol. The first-order valence-corrected chi connectivity index (χ1v) is 13.0. The Hall–Kier alpha value is -4.52. The Labute approximate surface area is 222 Å². The fourth-order valence-corrected chi connectivity index (χ4v) is 5.04. The zero-order valence-corrected chi connectivity index (χ0v) is 21.7. The first-order chi connectivity index (χ1) is 18.6. The fraction of sp³-hybridized carbons (Fsp3) is 0.226. The van der Waals surface area contributed by atoms with Crippen molar-refractivity contribution in [2.45, 2.75) is 20.3 Å². The van der Waals surface area contributed by atoms with Gasteiger partial charge in [-0.3, -0.25) is 4.79 Å². The summed E-state index contributed by atoms with van der Waals surface area (Å²) >= 11 is 0. The zero-order chi connectivity index (χ0) is 26.1. The molecule has 0 saturated carbocycles. The minimum Gasteiger partial charge on any atom is -0.352 e. The predicted octanol–water partition coefficient (Wildman–Crippen LogP) is 4.99. The number of aromatic nitrogens is 4. The number of anilines is 1. The summed E-state index contributed by atoms with van der Waals surface area (Å²) in [5.41, 5.74) is 5.71. The molecule has 2 aromatic heterocycles. The molecule has 0 aliphatic carbocycles. The molecule has 0 radical (unpaired) electrons. The average Bonchev–Trinajstić information content (AvgIpc) is 3.30. The van der Waals surface area contributed by atoms with Gasteiger partial charge in [-0.05, 0) is 43.7 Å². The molecule has 1 aliphatic rings. The molecule has 1 amide bonds. The molecule has 7 heteroatoms. The van der Waals surface area contributed by atoms with E-state index in [1.165, 1.54) is 0 Å². The van der Waals surface area contributed by atoms with Gasteiger partial charge in [-0.25, -0.2) is 14.6 Å². The van der Waals surface area contributed by atoms with Crippen LogP contribution in [0.3, 0.4) is 0 Å². The van der Waals surface area contributed by atoms with Gasteiger partial charge in [0.2, 0.25) is 0 Å². The van der Waals surface area contributed by atoms with E-state index < -0.39 is 0 Å². The Bertz CT molecular complexity index is 1570. The lowest BCUT2D eigenvalue weighted by Crippen LogP contribution is -2.49. The van der Waals surface area contributed by atoms with Gasteiger partial charge in [-0.2, -0.15) is 5.10 Å².